The molecule has 2 rings (SSSR count). The minimum atomic E-state index is 0.880. The lowest BCUT2D eigenvalue weighted by Gasteiger charge is -2.19. The van der Waals surface area contributed by atoms with Gasteiger partial charge in [-0.15, -0.1) is 0 Å². The van der Waals surface area contributed by atoms with E-state index in [0.717, 1.165) is 39.3 Å². The van der Waals surface area contributed by atoms with Crippen LogP contribution in [-0.2, 0) is 11.3 Å². The van der Waals surface area contributed by atoms with Gasteiger partial charge in [0.1, 0.15) is 0 Å². The van der Waals surface area contributed by atoms with Crippen molar-refractivity contribution in [2.45, 2.75) is 26.8 Å². The van der Waals surface area contributed by atoms with Crippen molar-refractivity contribution in [3.8, 4) is 0 Å². The third-order valence-electron chi connectivity index (χ3n) is 3.29. The van der Waals surface area contributed by atoms with E-state index < -0.39 is 0 Å². The fraction of sp³-hybridized carbons (Fsp3) is 0.571. The van der Waals surface area contributed by atoms with E-state index >= 15 is 0 Å². The molecule has 2 heteroatoms. The highest BCUT2D eigenvalue weighted by Gasteiger charge is 2.09. The van der Waals surface area contributed by atoms with E-state index in [1.807, 2.05) is 0 Å². The normalized spacial score (nSPS) is 18.4. The van der Waals surface area contributed by atoms with Crippen molar-refractivity contribution in [1.82, 2.24) is 4.90 Å². The highest BCUT2D eigenvalue weighted by Crippen LogP contribution is 2.12. The lowest BCUT2D eigenvalue weighted by atomic mass is 10.1. The fourth-order valence-corrected chi connectivity index (χ4v) is 2.12. The van der Waals surface area contributed by atoms with Crippen molar-refractivity contribution >= 4 is 0 Å². The smallest absolute Gasteiger partial charge is 0.0593 e. The minimum absolute atomic E-state index is 0.880. The average Bonchev–Trinajstić information content (AvgIpc) is 2.52. The van der Waals surface area contributed by atoms with Crippen molar-refractivity contribution < 1.29 is 4.74 Å². The Balaban J connectivity index is 1.99. The molecular weight excluding hydrogens is 198 g/mol. The monoisotopic (exact) mass is 219 g/mol. The predicted molar refractivity (Wildman–Crippen MR) is 66.6 cm³/mol. The number of ether oxygens (including phenoxy) is 1. The van der Waals surface area contributed by atoms with E-state index in [1.54, 1.807) is 0 Å². The molecule has 1 aliphatic heterocycles. The summed E-state index contributed by atoms with van der Waals surface area (Å²) in [5.74, 6) is 0. The largest absolute Gasteiger partial charge is 0.380 e. The molecule has 0 aliphatic carbocycles. The van der Waals surface area contributed by atoms with E-state index in [4.69, 9.17) is 4.74 Å². The Labute approximate surface area is 98.2 Å². The van der Waals surface area contributed by atoms with Crippen LogP contribution in [0, 0.1) is 13.8 Å². The van der Waals surface area contributed by atoms with Crippen LogP contribution in [0.25, 0.3) is 0 Å². The Morgan fingerprint density at radius 2 is 2.00 bits per heavy atom. The number of hydrogen-bond acceptors (Lipinski definition) is 2. The summed E-state index contributed by atoms with van der Waals surface area (Å²) in [6.45, 7) is 9.43. The molecule has 16 heavy (non-hydrogen) atoms. The minimum Gasteiger partial charge on any atom is -0.380 e. The molecule has 1 fully saturated rings. The molecule has 0 aromatic heterocycles. The molecule has 88 valence electrons. The van der Waals surface area contributed by atoms with E-state index in [9.17, 15) is 0 Å². The van der Waals surface area contributed by atoms with Crippen LogP contribution in [0.5, 0.6) is 0 Å². The van der Waals surface area contributed by atoms with Crippen molar-refractivity contribution in [2.75, 3.05) is 26.3 Å². The molecule has 0 N–H and O–H groups in total. The average molecular weight is 219 g/mol. The van der Waals surface area contributed by atoms with Gasteiger partial charge in [0, 0.05) is 26.2 Å². The van der Waals surface area contributed by atoms with Gasteiger partial charge < -0.3 is 4.74 Å². The first-order chi connectivity index (χ1) is 7.75. The van der Waals surface area contributed by atoms with E-state index in [-0.39, 0.29) is 0 Å². The molecule has 1 heterocycles. The highest BCUT2D eigenvalue weighted by atomic mass is 16.5. The molecule has 0 amide bonds. The topological polar surface area (TPSA) is 12.5 Å². The third kappa shape index (κ3) is 3.06. The van der Waals surface area contributed by atoms with Gasteiger partial charge in [-0.25, -0.2) is 0 Å². The summed E-state index contributed by atoms with van der Waals surface area (Å²) in [6, 6.07) is 6.77. The summed E-state index contributed by atoms with van der Waals surface area (Å²) in [5.41, 5.74) is 4.19. The lowest BCUT2D eigenvalue weighted by molar-refractivity contribution is 0.140. The van der Waals surface area contributed by atoms with Crippen LogP contribution < -0.4 is 0 Å². The Morgan fingerprint density at radius 3 is 2.81 bits per heavy atom. The zero-order valence-electron chi connectivity index (χ0n) is 10.3. The van der Waals surface area contributed by atoms with Crippen molar-refractivity contribution in [2.24, 2.45) is 0 Å². The Morgan fingerprint density at radius 1 is 1.12 bits per heavy atom. The second kappa shape index (κ2) is 5.46. The number of aryl methyl sites for hydroxylation is 2. The van der Waals surface area contributed by atoms with Gasteiger partial charge in [0.25, 0.3) is 0 Å². The van der Waals surface area contributed by atoms with Crippen LogP contribution in [0.1, 0.15) is 23.1 Å². The molecule has 0 unspecified atom stereocenters. The van der Waals surface area contributed by atoms with Gasteiger partial charge in [0.05, 0.1) is 6.61 Å². The number of benzene rings is 1. The van der Waals surface area contributed by atoms with Crippen molar-refractivity contribution in [3.63, 3.8) is 0 Å². The quantitative estimate of drug-likeness (QED) is 0.758. The summed E-state index contributed by atoms with van der Waals surface area (Å²) >= 11 is 0. The second-order valence-electron chi connectivity index (χ2n) is 4.66. The first kappa shape index (κ1) is 11.6. The third-order valence-corrected chi connectivity index (χ3v) is 3.29. The Kier molecular flexibility index (Phi) is 3.97. The van der Waals surface area contributed by atoms with Gasteiger partial charge in [-0.3, -0.25) is 4.90 Å². The SMILES string of the molecule is Cc1ccc(CN2CCCOCC2)cc1C. The zero-order valence-corrected chi connectivity index (χ0v) is 10.3. The summed E-state index contributed by atoms with van der Waals surface area (Å²) in [7, 11) is 0. The highest BCUT2D eigenvalue weighted by molar-refractivity contribution is 5.29. The molecule has 1 aromatic carbocycles. The van der Waals surface area contributed by atoms with Crippen molar-refractivity contribution in [1.29, 1.82) is 0 Å². The van der Waals surface area contributed by atoms with E-state index in [2.05, 4.69) is 36.9 Å². The predicted octanol–water partition coefficient (Wildman–Crippen LogP) is 2.53. The van der Waals surface area contributed by atoms with Gasteiger partial charge in [0.15, 0.2) is 0 Å². The second-order valence-corrected chi connectivity index (χ2v) is 4.66. The standard InChI is InChI=1S/C14H21NO/c1-12-4-5-14(10-13(12)2)11-15-6-3-8-16-9-7-15/h4-5,10H,3,6-9,11H2,1-2H3. The molecule has 0 saturated carbocycles. The molecular formula is C14H21NO. The Bertz CT molecular complexity index is 341. The van der Waals surface area contributed by atoms with Crippen LogP contribution in [0.3, 0.4) is 0 Å². The van der Waals surface area contributed by atoms with Crippen LogP contribution in [0.4, 0.5) is 0 Å². The first-order valence-electron chi connectivity index (χ1n) is 6.12. The van der Waals surface area contributed by atoms with Crippen LogP contribution in [0.2, 0.25) is 0 Å². The van der Waals surface area contributed by atoms with Gasteiger partial charge in [-0.05, 0) is 37.0 Å². The van der Waals surface area contributed by atoms with Gasteiger partial charge in [-0.2, -0.15) is 0 Å². The van der Waals surface area contributed by atoms with Gasteiger partial charge in [-0.1, -0.05) is 18.2 Å². The van der Waals surface area contributed by atoms with Gasteiger partial charge >= 0.3 is 0 Å². The molecule has 1 saturated heterocycles. The molecule has 2 nitrogen and oxygen atoms in total. The zero-order chi connectivity index (χ0) is 11.4. The summed E-state index contributed by atoms with van der Waals surface area (Å²) in [5, 5.41) is 0. The number of rotatable bonds is 2. The maximum atomic E-state index is 5.46. The maximum absolute atomic E-state index is 5.46. The summed E-state index contributed by atoms with van der Waals surface area (Å²) < 4.78 is 5.46. The van der Waals surface area contributed by atoms with Crippen molar-refractivity contribution in [3.05, 3.63) is 34.9 Å². The van der Waals surface area contributed by atoms with Gasteiger partial charge in [0.2, 0.25) is 0 Å². The Hall–Kier alpha value is -0.860. The summed E-state index contributed by atoms with van der Waals surface area (Å²) in [4.78, 5) is 2.48. The van der Waals surface area contributed by atoms with Crippen LogP contribution in [0.15, 0.2) is 18.2 Å². The first-order valence-corrected chi connectivity index (χ1v) is 6.12. The van der Waals surface area contributed by atoms with Crippen LogP contribution in [-0.4, -0.2) is 31.2 Å². The molecule has 1 aromatic rings. The lowest BCUT2D eigenvalue weighted by Crippen LogP contribution is -2.25. The molecule has 0 radical (unpaired) electrons. The van der Waals surface area contributed by atoms with E-state index in [1.165, 1.54) is 16.7 Å². The number of hydrogen-bond donors (Lipinski definition) is 0. The fourth-order valence-electron chi connectivity index (χ4n) is 2.12. The molecule has 0 bridgehead atoms. The molecule has 0 spiro atoms. The molecule has 1 aliphatic rings. The maximum Gasteiger partial charge on any atom is 0.0593 e. The van der Waals surface area contributed by atoms with E-state index in [0.29, 0.717) is 0 Å². The molecule has 0 atom stereocenters. The van der Waals surface area contributed by atoms with Crippen LogP contribution >= 0.6 is 0 Å². The summed E-state index contributed by atoms with van der Waals surface area (Å²) in [6.07, 6.45) is 1.16. The number of nitrogens with zero attached hydrogens (tertiary/aromatic N) is 1.